The van der Waals surface area contributed by atoms with Crippen LogP contribution in [-0.4, -0.2) is 10.8 Å². The minimum absolute atomic E-state index is 0.113. The molecule has 0 saturated heterocycles. The lowest BCUT2D eigenvalue weighted by Gasteiger charge is -2.04. The number of aryl methyl sites for hydroxylation is 1. The fourth-order valence-electron chi connectivity index (χ4n) is 1.30. The topological polar surface area (TPSA) is 30.0 Å². The lowest BCUT2D eigenvalue weighted by molar-refractivity contribution is 0.0983. The number of carbonyl (C=O) groups is 1. The second-order valence-electron chi connectivity index (χ2n) is 3.01. The fraction of sp³-hybridized carbons (Fsp3) is 0.333. The number of hydrogen-bond acceptors (Lipinski definition) is 2. The van der Waals surface area contributed by atoms with Gasteiger partial charge in [0.2, 0.25) is 0 Å². The molecule has 1 aromatic heterocycles. The minimum atomic E-state index is 0.113. The molecule has 0 saturated carbocycles. The first kappa shape index (κ1) is 10.5. The Balaban J connectivity index is 2.84. The number of terminal acetylenes is 1. The molecule has 0 amide bonds. The first-order chi connectivity index (χ1) is 6.79. The van der Waals surface area contributed by atoms with E-state index in [9.17, 15) is 4.79 Å². The van der Waals surface area contributed by atoms with Crippen LogP contribution in [0.25, 0.3) is 0 Å². The zero-order valence-electron chi connectivity index (χ0n) is 8.29. The van der Waals surface area contributed by atoms with E-state index in [-0.39, 0.29) is 5.78 Å². The number of ketones is 1. The Morgan fingerprint density at radius 2 is 2.43 bits per heavy atom. The summed E-state index contributed by atoms with van der Waals surface area (Å²) in [5.74, 6) is 2.58. The van der Waals surface area contributed by atoms with E-state index in [2.05, 4.69) is 10.9 Å². The maximum atomic E-state index is 11.7. The highest BCUT2D eigenvalue weighted by Gasteiger charge is 2.08. The smallest absolute Gasteiger partial charge is 0.164 e. The van der Waals surface area contributed by atoms with Crippen molar-refractivity contribution < 1.29 is 4.79 Å². The molecule has 1 rings (SSSR count). The second-order valence-corrected chi connectivity index (χ2v) is 3.01. The van der Waals surface area contributed by atoms with Crippen molar-refractivity contribution in [2.45, 2.75) is 26.2 Å². The molecule has 0 N–H and O–H groups in total. The lowest BCUT2D eigenvalue weighted by Crippen LogP contribution is -2.03. The first-order valence-electron chi connectivity index (χ1n) is 4.69. The van der Waals surface area contributed by atoms with Gasteiger partial charge in [-0.3, -0.25) is 9.78 Å². The van der Waals surface area contributed by atoms with Crippen molar-refractivity contribution in [2.24, 2.45) is 0 Å². The van der Waals surface area contributed by atoms with E-state index in [1.165, 1.54) is 0 Å². The monoisotopic (exact) mass is 187 g/mol. The van der Waals surface area contributed by atoms with E-state index < -0.39 is 0 Å². The maximum absolute atomic E-state index is 11.7. The quantitative estimate of drug-likeness (QED) is 0.534. The lowest BCUT2D eigenvalue weighted by atomic mass is 10.0. The zero-order chi connectivity index (χ0) is 10.4. The van der Waals surface area contributed by atoms with Gasteiger partial charge < -0.3 is 0 Å². The third-order valence-electron chi connectivity index (χ3n) is 2.08. The Morgan fingerprint density at radius 1 is 1.64 bits per heavy atom. The number of carbonyl (C=O) groups excluding carboxylic acids is 1. The van der Waals surface area contributed by atoms with Gasteiger partial charge in [0.05, 0.1) is 0 Å². The molecular formula is C12H13NO. The highest BCUT2D eigenvalue weighted by atomic mass is 16.1. The molecule has 0 aliphatic carbocycles. The van der Waals surface area contributed by atoms with Gasteiger partial charge in [0.25, 0.3) is 0 Å². The predicted molar refractivity (Wildman–Crippen MR) is 56.0 cm³/mol. The summed E-state index contributed by atoms with van der Waals surface area (Å²) < 4.78 is 0. The van der Waals surface area contributed by atoms with E-state index in [0.717, 1.165) is 17.5 Å². The van der Waals surface area contributed by atoms with Crippen LogP contribution < -0.4 is 0 Å². The SMILES string of the molecule is C#CCCC(=O)c1ccncc1CC. The van der Waals surface area contributed by atoms with E-state index in [1.54, 1.807) is 18.5 Å². The average Bonchev–Trinajstić information content (AvgIpc) is 2.25. The van der Waals surface area contributed by atoms with Gasteiger partial charge in [0.15, 0.2) is 5.78 Å². The van der Waals surface area contributed by atoms with Gasteiger partial charge in [0.1, 0.15) is 0 Å². The number of rotatable bonds is 4. The Kier molecular flexibility index (Phi) is 3.87. The summed E-state index contributed by atoms with van der Waals surface area (Å²) in [6.45, 7) is 2.01. The summed E-state index contributed by atoms with van der Waals surface area (Å²) in [4.78, 5) is 15.6. The summed E-state index contributed by atoms with van der Waals surface area (Å²) in [7, 11) is 0. The Hall–Kier alpha value is -1.62. The summed E-state index contributed by atoms with van der Waals surface area (Å²) in [6, 6.07) is 1.76. The van der Waals surface area contributed by atoms with Crippen LogP contribution in [0.5, 0.6) is 0 Å². The van der Waals surface area contributed by atoms with Crippen molar-refractivity contribution >= 4 is 5.78 Å². The van der Waals surface area contributed by atoms with Crippen molar-refractivity contribution in [3.8, 4) is 12.3 Å². The van der Waals surface area contributed by atoms with Crippen molar-refractivity contribution in [3.05, 3.63) is 29.6 Å². The maximum Gasteiger partial charge on any atom is 0.164 e. The van der Waals surface area contributed by atoms with E-state index in [4.69, 9.17) is 6.42 Å². The van der Waals surface area contributed by atoms with Crippen molar-refractivity contribution in [2.75, 3.05) is 0 Å². The summed E-state index contributed by atoms with van der Waals surface area (Å²) in [5, 5.41) is 0. The Bertz CT molecular complexity index is 363. The molecule has 0 bridgehead atoms. The van der Waals surface area contributed by atoms with Crippen LogP contribution in [0.3, 0.4) is 0 Å². The Morgan fingerprint density at radius 3 is 3.07 bits per heavy atom. The third kappa shape index (κ3) is 2.43. The Labute approximate surface area is 84.4 Å². The van der Waals surface area contributed by atoms with E-state index >= 15 is 0 Å². The van der Waals surface area contributed by atoms with Gasteiger partial charge in [-0.05, 0) is 18.1 Å². The van der Waals surface area contributed by atoms with Crippen LogP contribution in [0, 0.1) is 12.3 Å². The van der Waals surface area contributed by atoms with Crippen LogP contribution in [0.1, 0.15) is 35.7 Å². The second kappa shape index (κ2) is 5.18. The zero-order valence-corrected chi connectivity index (χ0v) is 8.29. The van der Waals surface area contributed by atoms with Crippen LogP contribution >= 0.6 is 0 Å². The third-order valence-corrected chi connectivity index (χ3v) is 2.08. The van der Waals surface area contributed by atoms with Crippen molar-refractivity contribution in [3.63, 3.8) is 0 Å². The van der Waals surface area contributed by atoms with E-state index in [1.807, 2.05) is 6.92 Å². The molecule has 0 aliphatic rings. The molecule has 14 heavy (non-hydrogen) atoms. The number of nitrogens with zero attached hydrogens (tertiary/aromatic N) is 1. The van der Waals surface area contributed by atoms with Gasteiger partial charge >= 0.3 is 0 Å². The van der Waals surface area contributed by atoms with Gasteiger partial charge in [-0.25, -0.2) is 0 Å². The molecule has 0 unspecified atom stereocenters. The number of aromatic nitrogens is 1. The number of pyridine rings is 1. The summed E-state index contributed by atoms with van der Waals surface area (Å²) >= 11 is 0. The molecule has 0 radical (unpaired) electrons. The standard InChI is InChI=1S/C12H13NO/c1-3-5-6-12(14)11-7-8-13-9-10(11)4-2/h1,7-9H,4-6H2,2H3. The molecule has 0 aromatic carbocycles. The molecule has 72 valence electrons. The van der Waals surface area contributed by atoms with Crippen LogP contribution in [0.15, 0.2) is 18.5 Å². The van der Waals surface area contributed by atoms with Crippen molar-refractivity contribution in [1.82, 2.24) is 4.98 Å². The normalized spacial score (nSPS) is 9.43. The highest BCUT2D eigenvalue weighted by molar-refractivity contribution is 5.97. The van der Waals surface area contributed by atoms with Crippen molar-refractivity contribution in [1.29, 1.82) is 0 Å². The molecule has 0 spiro atoms. The molecule has 0 atom stereocenters. The van der Waals surface area contributed by atoms with Crippen LogP contribution in [0.2, 0.25) is 0 Å². The summed E-state index contributed by atoms with van der Waals surface area (Å²) in [6.07, 6.45) is 10.2. The molecule has 2 heteroatoms. The van der Waals surface area contributed by atoms with Gasteiger partial charge in [-0.15, -0.1) is 12.3 Å². The predicted octanol–water partition coefficient (Wildman–Crippen LogP) is 2.24. The van der Waals surface area contributed by atoms with Crippen LogP contribution in [0.4, 0.5) is 0 Å². The van der Waals surface area contributed by atoms with Gasteiger partial charge in [0, 0.05) is 30.8 Å². The fourth-order valence-corrected chi connectivity index (χ4v) is 1.30. The van der Waals surface area contributed by atoms with Gasteiger partial charge in [-0.1, -0.05) is 6.92 Å². The number of Topliss-reactive ketones (excluding diaryl/α,β-unsaturated/α-hetero) is 1. The first-order valence-corrected chi connectivity index (χ1v) is 4.69. The van der Waals surface area contributed by atoms with Crippen LogP contribution in [-0.2, 0) is 6.42 Å². The molecule has 1 aromatic rings. The summed E-state index contributed by atoms with van der Waals surface area (Å²) in [5.41, 5.74) is 1.76. The van der Waals surface area contributed by atoms with Gasteiger partial charge in [-0.2, -0.15) is 0 Å². The number of hydrogen-bond donors (Lipinski definition) is 0. The molecule has 0 fully saturated rings. The van der Waals surface area contributed by atoms with E-state index in [0.29, 0.717) is 12.8 Å². The minimum Gasteiger partial charge on any atom is -0.294 e. The average molecular weight is 187 g/mol. The molecule has 2 nitrogen and oxygen atoms in total. The molecule has 1 heterocycles. The molecule has 0 aliphatic heterocycles. The molecular weight excluding hydrogens is 174 g/mol. The highest BCUT2D eigenvalue weighted by Crippen LogP contribution is 2.11. The largest absolute Gasteiger partial charge is 0.294 e.